The molecule has 0 spiro atoms. The van der Waals surface area contributed by atoms with Crippen molar-refractivity contribution in [3.8, 4) is 0 Å². The zero-order valence-electron chi connectivity index (χ0n) is 11.2. The Labute approximate surface area is 111 Å². The van der Waals surface area contributed by atoms with E-state index in [1.54, 1.807) is 32.2 Å². The van der Waals surface area contributed by atoms with Crippen LogP contribution in [0.4, 0.5) is 11.6 Å². The fourth-order valence-corrected chi connectivity index (χ4v) is 1.64. The van der Waals surface area contributed by atoms with Crippen molar-refractivity contribution < 1.29 is 9.32 Å². The molecule has 2 aromatic rings. The molecule has 0 saturated heterocycles. The van der Waals surface area contributed by atoms with Crippen LogP contribution in [0.15, 0.2) is 22.7 Å². The maximum absolute atomic E-state index is 12.1. The van der Waals surface area contributed by atoms with Gasteiger partial charge in [0.05, 0.1) is 0 Å². The lowest BCUT2D eigenvalue weighted by Crippen LogP contribution is -2.13. The molecule has 0 unspecified atom stereocenters. The number of rotatable bonds is 4. The quantitative estimate of drug-likeness (QED) is 0.881. The number of aryl methyl sites for hydroxylation is 2. The molecule has 100 valence electrons. The molecular weight excluding hydrogens is 244 g/mol. The number of nitrogens with zero attached hydrogens (tertiary/aromatic N) is 2. The van der Waals surface area contributed by atoms with E-state index in [-0.39, 0.29) is 5.91 Å². The number of carbonyl (C=O) groups is 1. The SMILES string of the molecule is CCc1cc(C(=O)Nc2cc(C)on2)cc(NC)n1. The first kappa shape index (κ1) is 13.1. The van der Waals surface area contributed by atoms with Gasteiger partial charge >= 0.3 is 0 Å². The lowest BCUT2D eigenvalue weighted by atomic mass is 10.2. The van der Waals surface area contributed by atoms with Gasteiger partial charge in [0.25, 0.3) is 5.91 Å². The Bertz CT molecular complexity index is 570. The van der Waals surface area contributed by atoms with Gasteiger partial charge in [-0.15, -0.1) is 0 Å². The molecule has 0 fully saturated rings. The molecule has 6 nitrogen and oxygen atoms in total. The highest BCUT2D eigenvalue weighted by atomic mass is 16.5. The van der Waals surface area contributed by atoms with Crippen LogP contribution in [0.3, 0.4) is 0 Å². The summed E-state index contributed by atoms with van der Waals surface area (Å²) in [5, 5.41) is 9.35. The molecule has 2 N–H and O–H groups in total. The van der Waals surface area contributed by atoms with Gasteiger partial charge in [-0.2, -0.15) is 0 Å². The van der Waals surface area contributed by atoms with Crippen LogP contribution in [-0.2, 0) is 6.42 Å². The highest BCUT2D eigenvalue weighted by molar-refractivity contribution is 6.04. The molecule has 2 aromatic heterocycles. The zero-order chi connectivity index (χ0) is 13.8. The Hall–Kier alpha value is -2.37. The van der Waals surface area contributed by atoms with E-state index < -0.39 is 0 Å². The third kappa shape index (κ3) is 3.09. The maximum Gasteiger partial charge on any atom is 0.257 e. The average Bonchev–Trinajstić information content (AvgIpc) is 2.83. The summed E-state index contributed by atoms with van der Waals surface area (Å²) in [6.45, 7) is 3.76. The molecule has 2 heterocycles. The summed E-state index contributed by atoms with van der Waals surface area (Å²) in [5.41, 5.74) is 1.39. The van der Waals surface area contributed by atoms with E-state index in [0.717, 1.165) is 12.1 Å². The van der Waals surface area contributed by atoms with Crippen LogP contribution in [0.1, 0.15) is 28.7 Å². The number of hydrogen-bond acceptors (Lipinski definition) is 5. The molecule has 0 aliphatic rings. The average molecular weight is 260 g/mol. The monoisotopic (exact) mass is 260 g/mol. The summed E-state index contributed by atoms with van der Waals surface area (Å²) in [4.78, 5) is 16.4. The standard InChI is InChI=1S/C13H16N4O2/c1-4-10-6-9(7-11(14-3)15-10)13(18)16-12-5-8(2)19-17-12/h5-7H,4H2,1-3H3,(H,14,15)(H,16,17,18). The van der Waals surface area contributed by atoms with Crippen molar-refractivity contribution in [2.45, 2.75) is 20.3 Å². The van der Waals surface area contributed by atoms with Gasteiger partial charge < -0.3 is 15.2 Å². The minimum absolute atomic E-state index is 0.234. The van der Waals surface area contributed by atoms with Gasteiger partial charge in [0.2, 0.25) is 0 Å². The van der Waals surface area contributed by atoms with Crippen molar-refractivity contribution in [3.63, 3.8) is 0 Å². The molecule has 0 aliphatic heterocycles. The minimum atomic E-state index is -0.234. The number of anilines is 2. The van der Waals surface area contributed by atoms with E-state index in [4.69, 9.17) is 4.52 Å². The smallest absolute Gasteiger partial charge is 0.257 e. The van der Waals surface area contributed by atoms with Crippen molar-refractivity contribution in [2.24, 2.45) is 0 Å². The highest BCUT2D eigenvalue weighted by Gasteiger charge is 2.11. The van der Waals surface area contributed by atoms with Crippen LogP contribution in [0.25, 0.3) is 0 Å². The van der Waals surface area contributed by atoms with Gasteiger partial charge in [-0.05, 0) is 25.5 Å². The van der Waals surface area contributed by atoms with Gasteiger partial charge in [0, 0.05) is 24.4 Å². The van der Waals surface area contributed by atoms with Crippen LogP contribution in [0.5, 0.6) is 0 Å². The second-order valence-corrected chi connectivity index (χ2v) is 4.11. The second kappa shape index (κ2) is 5.51. The van der Waals surface area contributed by atoms with Crippen LogP contribution in [0.2, 0.25) is 0 Å². The van der Waals surface area contributed by atoms with E-state index >= 15 is 0 Å². The third-order valence-corrected chi connectivity index (χ3v) is 2.63. The molecule has 1 amide bonds. The summed E-state index contributed by atoms with van der Waals surface area (Å²) >= 11 is 0. The van der Waals surface area contributed by atoms with Crippen molar-refractivity contribution in [1.29, 1.82) is 0 Å². The van der Waals surface area contributed by atoms with Crippen LogP contribution >= 0.6 is 0 Å². The largest absolute Gasteiger partial charge is 0.373 e. The van der Waals surface area contributed by atoms with Crippen LogP contribution < -0.4 is 10.6 Å². The van der Waals surface area contributed by atoms with E-state index in [1.807, 2.05) is 6.92 Å². The summed E-state index contributed by atoms with van der Waals surface area (Å²) in [5.74, 6) is 1.49. The van der Waals surface area contributed by atoms with Crippen LogP contribution in [0, 0.1) is 6.92 Å². The number of pyridine rings is 1. The molecule has 19 heavy (non-hydrogen) atoms. The van der Waals surface area contributed by atoms with Crippen LogP contribution in [-0.4, -0.2) is 23.1 Å². The fraction of sp³-hybridized carbons (Fsp3) is 0.308. The van der Waals surface area contributed by atoms with Crippen molar-refractivity contribution in [3.05, 3.63) is 35.2 Å². The predicted octanol–water partition coefficient (Wildman–Crippen LogP) is 2.23. The lowest BCUT2D eigenvalue weighted by Gasteiger charge is -2.07. The molecular formula is C13H16N4O2. The number of aromatic nitrogens is 2. The van der Waals surface area contributed by atoms with E-state index in [0.29, 0.717) is 23.0 Å². The molecule has 0 bridgehead atoms. The minimum Gasteiger partial charge on any atom is -0.373 e. The number of nitrogens with one attached hydrogen (secondary N) is 2. The Morgan fingerprint density at radius 3 is 2.68 bits per heavy atom. The van der Waals surface area contributed by atoms with Gasteiger partial charge in [0.1, 0.15) is 11.6 Å². The van der Waals surface area contributed by atoms with E-state index in [9.17, 15) is 4.79 Å². The fourth-order valence-electron chi connectivity index (χ4n) is 1.64. The number of carbonyl (C=O) groups excluding carboxylic acids is 1. The van der Waals surface area contributed by atoms with Gasteiger partial charge in [-0.3, -0.25) is 4.79 Å². The first-order chi connectivity index (χ1) is 9.12. The summed E-state index contributed by atoms with van der Waals surface area (Å²) in [6.07, 6.45) is 0.763. The molecule has 0 aromatic carbocycles. The Morgan fingerprint density at radius 2 is 2.11 bits per heavy atom. The Kier molecular flexibility index (Phi) is 3.79. The molecule has 0 aliphatic carbocycles. The Balaban J connectivity index is 2.22. The highest BCUT2D eigenvalue weighted by Crippen LogP contribution is 2.14. The topological polar surface area (TPSA) is 80.0 Å². The van der Waals surface area contributed by atoms with Gasteiger partial charge in [-0.25, -0.2) is 4.98 Å². The lowest BCUT2D eigenvalue weighted by molar-refractivity contribution is 0.102. The Morgan fingerprint density at radius 1 is 1.32 bits per heavy atom. The maximum atomic E-state index is 12.1. The summed E-state index contributed by atoms with van der Waals surface area (Å²) in [7, 11) is 1.77. The van der Waals surface area contributed by atoms with E-state index in [1.165, 1.54) is 0 Å². The first-order valence-electron chi connectivity index (χ1n) is 6.05. The zero-order valence-corrected chi connectivity index (χ0v) is 11.2. The summed E-state index contributed by atoms with van der Waals surface area (Å²) in [6, 6.07) is 5.13. The normalized spacial score (nSPS) is 10.3. The number of amides is 1. The third-order valence-electron chi connectivity index (χ3n) is 2.63. The molecule has 0 radical (unpaired) electrons. The van der Waals surface area contributed by atoms with Crippen molar-refractivity contribution in [1.82, 2.24) is 10.1 Å². The van der Waals surface area contributed by atoms with Gasteiger partial charge in [0.15, 0.2) is 5.82 Å². The molecule has 0 atom stereocenters. The second-order valence-electron chi connectivity index (χ2n) is 4.11. The van der Waals surface area contributed by atoms with Gasteiger partial charge in [-0.1, -0.05) is 12.1 Å². The van der Waals surface area contributed by atoms with E-state index in [2.05, 4.69) is 20.8 Å². The van der Waals surface area contributed by atoms with Crippen molar-refractivity contribution in [2.75, 3.05) is 17.7 Å². The summed E-state index contributed by atoms with van der Waals surface area (Å²) < 4.78 is 4.90. The molecule has 2 rings (SSSR count). The molecule has 0 saturated carbocycles. The number of hydrogen-bond donors (Lipinski definition) is 2. The molecule has 6 heteroatoms. The predicted molar refractivity (Wildman–Crippen MR) is 72.4 cm³/mol. The van der Waals surface area contributed by atoms with Crippen molar-refractivity contribution >= 4 is 17.5 Å². The first-order valence-corrected chi connectivity index (χ1v) is 6.05.